The van der Waals surface area contributed by atoms with Gasteiger partial charge in [0.2, 0.25) is 17.8 Å². The van der Waals surface area contributed by atoms with E-state index in [0.717, 1.165) is 23.7 Å². The van der Waals surface area contributed by atoms with E-state index in [1.54, 1.807) is 7.05 Å². The Morgan fingerprint density at radius 1 is 0.897 bits per heavy atom. The van der Waals surface area contributed by atoms with Crippen LogP contribution >= 0.6 is 0 Å². The van der Waals surface area contributed by atoms with Crippen molar-refractivity contribution in [3.8, 4) is 5.75 Å². The minimum absolute atomic E-state index is 0.237. The number of epoxide rings is 1. The average Bonchev–Trinajstić information content (AvgIpc) is 3.51. The van der Waals surface area contributed by atoms with Gasteiger partial charge in [-0.15, -0.1) is 0 Å². The van der Waals surface area contributed by atoms with Crippen LogP contribution in [-0.2, 0) is 4.74 Å². The number of nitrogens with zero attached hydrogens (tertiary/aromatic N) is 3. The van der Waals surface area contributed by atoms with Crippen LogP contribution in [0.5, 0.6) is 5.75 Å². The third kappa shape index (κ3) is 5.32. The first-order chi connectivity index (χ1) is 14.1. The molecule has 0 aliphatic carbocycles. The fraction of sp³-hybridized carbons (Fsp3) is 0.286. The first-order valence-electron chi connectivity index (χ1n) is 9.48. The summed E-state index contributed by atoms with van der Waals surface area (Å²) in [5, 5.41) is 9.43. The van der Waals surface area contributed by atoms with Crippen LogP contribution in [-0.4, -0.2) is 41.3 Å². The topological polar surface area (TPSA) is 96.5 Å². The van der Waals surface area contributed by atoms with Gasteiger partial charge in [-0.3, -0.25) is 0 Å². The van der Waals surface area contributed by atoms with Crippen LogP contribution in [0.4, 0.5) is 29.2 Å². The van der Waals surface area contributed by atoms with E-state index in [0.29, 0.717) is 24.5 Å². The molecule has 2 heterocycles. The van der Waals surface area contributed by atoms with Crippen LogP contribution in [0.3, 0.4) is 0 Å². The number of rotatable bonds is 8. The van der Waals surface area contributed by atoms with Crippen LogP contribution in [0.15, 0.2) is 42.5 Å². The lowest BCUT2D eigenvalue weighted by atomic mass is 10.1. The molecule has 1 atom stereocenters. The highest BCUT2D eigenvalue weighted by Crippen LogP contribution is 2.22. The standard InChI is InChI=1S/C21H24N6O2/c1-13-8-14(2)10-16(9-13)24-21-26-19(22-3)25-20(27-21)23-15-4-6-17(7-5-15)28-11-18-12-29-18/h4-10,18H,11-12H2,1-3H3,(H3,22,23,24,25,26,27). The van der Waals surface area contributed by atoms with Crippen molar-refractivity contribution in [3.63, 3.8) is 0 Å². The number of aromatic nitrogens is 3. The zero-order chi connectivity index (χ0) is 20.2. The highest BCUT2D eigenvalue weighted by molar-refractivity contribution is 5.60. The number of anilines is 5. The molecular formula is C21H24N6O2. The smallest absolute Gasteiger partial charge is 0.233 e. The van der Waals surface area contributed by atoms with Gasteiger partial charge in [0.1, 0.15) is 18.5 Å². The van der Waals surface area contributed by atoms with Gasteiger partial charge in [0, 0.05) is 18.4 Å². The Kier molecular flexibility index (Phi) is 5.44. The number of benzene rings is 2. The average molecular weight is 392 g/mol. The molecule has 4 rings (SSSR count). The Balaban J connectivity index is 1.48. The van der Waals surface area contributed by atoms with Crippen molar-refractivity contribution in [2.75, 3.05) is 36.2 Å². The van der Waals surface area contributed by atoms with Crippen LogP contribution in [0, 0.1) is 13.8 Å². The van der Waals surface area contributed by atoms with Crippen molar-refractivity contribution in [1.29, 1.82) is 0 Å². The molecule has 2 aromatic carbocycles. The Bertz CT molecular complexity index is 969. The van der Waals surface area contributed by atoms with Crippen molar-refractivity contribution in [2.45, 2.75) is 20.0 Å². The maximum atomic E-state index is 5.66. The molecule has 3 aromatic rings. The van der Waals surface area contributed by atoms with Crippen LogP contribution < -0.4 is 20.7 Å². The first kappa shape index (κ1) is 18.9. The molecule has 0 amide bonds. The van der Waals surface area contributed by atoms with Crippen LogP contribution in [0.1, 0.15) is 11.1 Å². The zero-order valence-corrected chi connectivity index (χ0v) is 16.7. The molecule has 0 spiro atoms. The number of nitrogens with one attached hydrogen (secondary N) is 3. The van der Waals surface area contributed by atoms with E-state index in [1.165, 1.54) is 11.1 Å². The molecule has 8 heteroatoms. The van der Waals surface area contributed by atoms with Crippen molar-refractivity contribution in [2.24, 2.45) is 0 Å². The van der Waals surface area contributed by atoms with Gasteiger partial charge in [0.05, 0.1) is 6.61 Å². The summed E-state index contributed by atoms with van der Waals surface area (Å²) in [5.74, 6) is 2.17. The Labute approximate surface area is 169 Å². The van der Waals surface area contributed by atoms with Gasteiger partial charge in [-0.1, -0.05) is 6.07 Å². The highest BCUT2D eigenvalue weighted by Gasteiger charge is 2.22. The van der Waals surface area contributed by atoms with Gasteiger partial charge in [0.25, 0.3) is 0 Å². The summed E-state index contributed by atoms with van der Waals surface area (Å²) < 4.78 is 10.8. The van der Waals surface area contributed by atoms with Crippen LogP contribution in [0.2, 0.25) is 0 Å². The summed E-state index contributed by atoms with van der Waals surface area (Å²) in [6, 6.07) is 13.9. The van der Waals surface area contributed by atoms with E-state index in [4.69, 9.17) is 9.47 Å². The molecule has 3 N–H and O–H groups in total. The fourth-order valence-corrected chi connectivity index (χ4v) is 2.89. The molecule has 1 aromatic heterocycles. The van der Waals surface area contributed by atoms with E-state index in [9.17, 15) is 0 Å². The lowest BCUT2D eigenvalue weighted by Gasteiger charge is -2.11. The minimum Gasteiger partial charge on any atom is -0.491 e. The molecule has 8 nitrogen and oxygen atoms in total. The molecular weight excluding hydrogens is 368 g/mol. The van der Waals surface area contributed by atoms with Gasteiger partial charge < -0.3 is 25.4 Å². The van der Waals surface area contributed by atoms with E-state index in [-0.39, 0.29) is 6.10 Å². The van der Waals surface area contributed by atoms with Crippen LogP contribution in [0.25, 0.3) is 0 Å². The summed E-state index contributed by atoms with van der Waals surface area (Å²) in [5.41, 5.74) is 4.13. The number of aryl methyl sites for hydroxylation is 2. The third-order valence-corrected chi connectivity index (χ3v) is 4.29. The number of hydrogen-bond acceptors (Lipinski definition) is 8. The molecule has 0 bridgehead atoms. The second-order valence-electron chi connectivity index (χ2n) is 6.97. The molecule has 0 saturated carbocycles. The second-order valence-corrected chi connectivity index (χ2v) is 6.97. The van der Waals surface area contributed by atoms with E-state index >= 15 is 0 Å². The summed E-state index contributed by atoms with van der Waals surface area (Å²) >= 11 is 0. The maximum absolute atomic E-state index is 5.66. The van der Waals surface area contributed by atoms with E-state index < -0.39 is 0 Å². The molecule has 150 valence electrons. The summed E-state index contributed by atoms with van der Waals surface area (Å²) in [6.07, 6.45) is 0.237. The lowest BCUT2D eigenvalue weighted by Crippen LogP contribution is -2.07. The van der Waals surface area contributed by atoms with Crippen molar-refractivity contribution in [1.82, 2.24) is 15.0 Å². The third-order valence-electron chi connectivity index (χ3n) is 4.29. The monoisotopic (exact) mass is 392 g/mol. The lowest BCUT2D eigenvalue weighted by molar-refractivity contribution is 0.263. The largest absolute Gasteiger partial charge is 0.491 e. The Hall–Kier alpha value is -3.39. The summed E-state index contributed by atoms with van der Waals surface area (Å²) in [6.45, 7) is 5.48. The Morgan fingerprint density at radius 2 is 1.48 bits per heavy atom. The van der Waals surface area contributed by atoms with Gasteiger partial charge >= 0.3 is 0 Å². The first-order valence-corrected chi connectivity index (χ1v) is 9.48. The van der Waals surface area contributed by atoms with E-state index in [1.807, 2.05) is 36.4 Å². The normalized spacial score (nSPS) is 14.9. The highest BCUT2D eigenvalue weighted by atomic mass is 16.6. The van der Waals surface area contributed by atoms with Crippen molar-refractivity contribution < 1.29 is 9.47 Å². The van der Waals surface area contributed by atoms with Gasteiger partial charge in [-0.2, -0.15) is 15.0 Å². The summed E-state index contributed by atoms with van der Waals surface area (Å²) in [4.78, 5) is 13.3. The molecule has 29 heavy (non-hydrogen) atoms. The number of ether oxygens (including phenoxy) is 2. The fourth-order valence-electron chi connectivity index (χ4n) is 2.89. The Morgan fingerprint density at radius 3 is 2.07 bits per heavy atom. The minimum atomic E-state index is 0.237. The van der Waals surface area contributed by atoms with Gasteiger partial charge in [0.15, 0.2) is 0 Å². The SMILES string of the molecule is CNc1nc(Nc2ccc(OCC3CO3)cc2)nc(Nc2cc(C)cc(C)c2)n1. The maximum Gasteiger partial charge on any atom is 0.233 e. The second kappa shape index (κ2) is 8.32. The number of hydrogen-bond donors (Lipinski definition) is 3. The van der Waals surface area contributed by atoms with Crippen molar-refractivity contribution >= 4 is 29.2 Å². The molecule has 1 saturated heterocycles. The molecule has 1 aliphatic rings. The summed E-state index contributed by atoms with van der Waals surface area (Å²) in [7, 11) is 1.77. The predicted molar refractivity (Wildman–Crippen MR) is 114 cm³/mol. The quantitative estimate of drug-likeness (QED) is 0.498. The molecule has 1 unspecified atom stereocenters. The zero-order valence-electron chi connectivity index (χ0n) is 16.7. The predicted octanol–water partition coefficient (Wildman–Crippen LogP) is 3.79. The van der Waals surface area contributed by atoms with E-state index in [2.05, 4.69) is 50.8 Å². The molecule has 0 radical (unpaired) electrons. The molecule has 1 aliphatic heterocycles. The van der Waals surface area contributed by atoms with Gasteiger partial charge in [-0.25, -0.2) is 0 Å². The molecule has 1 fully saturated rings. The van der Waals surface area contributed by atoms with Gasteiger partial charge in [-0.05, 0) is 61.4 Å². The van der Waals surface area contributed by atoms with Crippen molar-refractivity contribution in [3.05, 3.63) is 53.6 Å².